The molecule has 3 atom stereocenters. The first-order valence-electron chi connectivity index (χ1n) is 10.6. The van der Waals surface area contributed by atoms with Gasteiger partial charge in [0.1, 0.15) is 18.7 Å². The monoisotopic (exact) mass is 400 g/mol. The Morgan fingerprint density at radius 3 is 2.48 bits per heavy atom. The number of likely N-dealkylation sites (tertiary alicyclic amines) is 1. The Balaban J connectivity index is 1.75. The first-order valence-corrected chi connectivity index (χ1v) is 10.6. The molecule has 0 saturated carbocycles. The number of nitrogens with zero attached hydrogens (tertiary/aromatic N) is 1. The molecular weight excluding hydrogens is 368 g/mol. The minimum atomic E-state index is -0.653. The van der Waals surface area contributed by atoms with Crippen LogP contribution in [0.2, 0.25) is 0 Å². The number of nitrogens with one attached hydrogen (secondary N) is 1. The summed E-state index contributed by atoms with van der Waals surface area (Å²) in [4.78, 5) is 40.1. The molecule has 2 heterocycles. The lowest BCUT2D eigenvalue weighted by Gasteiger charge is -2.37. The zero-order valence-electron chi connectivity index (χ0n) is 17.8. The van der Waals surface area contributed by atoms with Crippen LogP contribution in [0.4, 0.5) is 0 Å². The van der Waals surface area contributed by atoms with E-state index in [-0.39, 0.29) is 36.2 Å². The van der Waals surface area contributed by atoms with E-state index in [2.05, 4.69) is 19.2 Å². The van der Waals surface area contributed by atoms with Crippen molar-refractivity contribution in [2.75, 3.05) is 13.2 Å². The zero-order chi connectivity index (χ0) is 21.1. The second-order valence-electron chi connectivity index (χ2n) is 8.87. The van der Waals surface area contributed by atoms with Crippen LogP contribution in [-0.2, 0) is 14.3 Å². The van der Waals surface area contributed by atoms with Gasteiger partial charge in [0, 0.05) is 12.1 Å². The number of rotatable bonds is 6. The van der Waals surface area contributed by atoms with Crippen LogP contribution in [0.3, 0.4) is 0 Å². The van der Waals surface area contributed by atoms with E-state index in [9.17, 15) is 14.4 Å². The first kappa shape index (κ1) is 21.5. The largest absolute Gasteiger partial charge is 0.368 e. The van der Waals surface area contributed by atoms with Crippen LogP contribution in [0, 0.1) is 5.92 Å². The fraction of sp³-hybridized carbons (Fsp3) is 0.609. The van der Waals surface area contributed by atoms with Gasteiger partial charge in [-0.25, -0.2) is 0 Å². The van der Waals surface area contributed by atoms with E-state index in [4.69, 9.17) is 4.74 Å². The van der Waals surface area contributed by atoms with Crippen molar-refractivity contribution in [3.05, 3.63) is 35.4 Å². The molecule has 6 nitrogen and oxygen atoms in total. The maximum Gasteiger partial charge on any atom is 0.251 e. The molecule has 1 N–H and O–H groups in total. The number of ether oxygens (including phenoxy) is 1. The minimum absolute atomic E-state index is 0.0399. The molecule has 158 valence electrons. The molecule has 6 heteroatoms. The molecule has 0 spiro atoms. The molecule has 2 aliphatic rings. The van der Waals surface area contributed by atoms with Crippen LogP contribution in [0.5, 0.6) is 0 Å². The second kappa shape index (κ2) is 9.08. The molecule has 2 saturated heterocycles. The highest BCUT2D eigenvalue weighted by molar-refractivity contribution is 5.99. The fourth-order valence-electron chi connectivity index (χ4n) is 4.19. The number of benzene rings is 1. The molecule has 2 fully saturated rings. The first-order chi connectivity index (χ1) is 13.8. The Labute approximate surface area is 173 Å². The SMILES string of the molecule is CC(C)CC(NC(=O)c1ccc(C(C)C)cc1)C(=O)N1CCCC2OCC(=O)C21. The smallest absolute Gasteiger partial charge is 0.251 e. The number of hydrogen-bond acceptors (Lipinski definition) is 4. The summed E-state index contributed by atoms with van der Waals surface area (Å²) in [6.07, 6.45) is 1.92. The summed E-state index contributed by atoms with van der Waals surface area (Å²) in [5.74, 6) is 0.132. The summed E-state index contributed by atoms with van der Waals surface area (Å²) >= 11 is 0. The van der Waals surface area contributed by atoms with Crippen LogP contribution in [0.15, 0.2) is 24.3 Å². The second-order valence-corrected chi connectivity index (χ2v) is 8.87. The summed E-state index contributed by atoms with van der Waals surface area (Å²) in [5, 5.41) is 2.92. The standard InChI is InChI=1S/C23H32N2O4/c1-14(2)12-18(24-22(27)17-9-7-16(8-10-17)15(3)4)23(28)25-11-5-6-20-21(25)19(26)13-29-20/h7-10,14-15,18,20-21H,5-6,11-13H2,1-4H3,(H,24,27). The highest BCUT2D eigenvalue weighted by atomic mass is 16.5. The number of carbonyl (C=O) groups excluding carboxylic acids is 3. The molecule has 0 bridgehead atoms. The van der Waals surface area contributed by atoms with Crippen LogP contribution < -0.4 is 5.32 Å². The van der Waals surface area contributed by atoms with Crippen molar-refractivity contribution in [2.45, 2.75) is 71.1 Å². The van der Waals surface area contributed by atoms with Gasteiger partial charge < -0.3 is 15.0 Å². The van der Waals surface area contributed by atoms with Gasteiger partial charge in [-0.2, -0.15) is 0 Å². The van der Waals surface area contributed by atoms with Crippen molar-refractivity contribution < 1.29 is 19.1 Å². The third-order valence-corrected chi connectivity index (χ3v) is 5.78. The number of piperidine rings is 1. The van der Waals surface area contributed by atoms with Crippen molar-refractivity contribution >= 4 is 17.6 Å². The lowest BCUT2D eigenvalue weighted by molar-refractivity contribution is -0.142. The molecule has 0 aliphatic carbocycles. The number of hydrogen-bond donors (Lipinski definition) is 1. The van der Waals surface area contributed by atoms with Crippen molar-refractivity contribution in [3.63, 3.8) is 0 Å². The van der Waals surface area contributed by atoms with E-state index in [0.717, 1.165) is 18.4 Å². The van der Waals surface area contributed by atoms with E-state index in [1.54, 1.807) is 17.0 Å². The maximum atomic E-state index is 13.3. The van der Waals surface area contributed by atoms with Gasteiger partial charge in [-0.15, -0.1) is 0 Å². The van der Waals surface area contributed by atoms with Crippen molar-refractivity contribution in [1.29, 1.82) is 0 Å². The number of carbonyl (C=O) groups is 3. The summed E-state index contributed by atoms with van der Waals surface area (Å²) < 4.78 is 5.56. The molecule has 0 radical (unpaired) electrons. The van der Waals surface area contributed by atoms with Crippen molar-refractivity contribution in [1.82, 2.24) is 10.2 Å². The van der Waals surface area contributed by atoms with Gasteiger partial charge in [-0.1, -0.05) is 39.8 Å². The minimum Gasteiger partial charge on any atom is -0.368 e. The van der Waals surface area contributed by atoms with Crippen LogP contribution in [-0.4, -0.2) is 53.8 Å². The zero-order valence-corrected chi connectivity index (χ0v) is 17.8. The van der Waals surface area contributed by atoms with Gasteiger partial charge in [0.15, 0.2) is 5.78 Å². The lowest BCUT2D eigenvalue weighted by Crippen LogP contribution is -2.58. The maximum absolute atomic E-state index is 13.3. The van der Waals surface area contributed by atoms with Crippen LogP contribution in [0.25, 0.3) is 0 Å². The van der Waals surface area contributed by atoms with E-state index in [0.29, 0.717) is 24.4 Å². The van der Waals surface area contributed by atoms with Gasteiger partial charge in [0.2, 0.25) is 5.91 Å². The van der Waals surface area contributed by atoms with Gasteiger partial charge in [-0.3, -0.25) is 14.4 Å². The fourth-order valence-corrected chi connectivity index (χ4v) is 4.19. The molecule has 2 aliphatic heterocycles. The van der Waals surface area contributed by atoms with Gasteiger partial charge in [0.05, 0.1) is 6.10 Å². The average molecular weight is 401 g/mol. The number of ketones is 1. The molecular formula is C23H32N2O4. The molecule has 0 aromatic heterocycles. The normalized spacial score (nSPS) is 22.7. The number of amides is 2. The summed E-state index contributed by atoms with van der Waals surface area (Å²) in [7, 11) is 0. The number of fused-ring (bicyclic) bond motifs is 1. The van der Waals surface area contributed by atoms with Crippen LogP contribution >= 0.6 is 0 Å². The van der Waals surface area contributed by atoms with Crippen molar-refractivity contribution in [2.24, 2.45) is 5.92 Å². The Hall–Kier alpha value is -2.21. The van der Waals surface area contributed by atoms with Gasteiger partial charge in [-0.05, 0) is 48.8 Å². The molecule has 29 heavy (non-hydrogen) atoms. The quantitative estimate of drug-likeness (QED) is 0.797. The Morgan fingerprint density at radius 1 is 1.17 bits per heavy atom. The van der Waals surface area contributed by atoms with Gasteiger partial charge >= 0.3 is 0 Å². The highest BCUT2D eigenvalue weighted by Gasteiger charge is 2.45. The molecule has 3 rings (SSSR count). The topological polar surface area (TPSA) is 75.7 Å². The van der Waals surface area contributed by atoms with Crippen molar-refractivity contribution in [3.8, 4) is 0 Å². The molecule has 2 amide bonds. The predicted octanol–water partition coefficient (Wildman–Crippen LogP) is 2.91. The summed E-state index contributed by atoms with van der Waals surface area (Å²) in [5.41, 5.74) is 1.70. The Kier molecular flexibility index (Phi) is 6.73. The third-order valence-electron chi connectivity index (χ3n) is 5.78. The third kappa shape index (κ3) is 4.86. The Morgan fingerprint density at radius 2 is 1.86 bits per heavy atom. The molecule has 1 aromatic carbocycles. The average Bonchev–Trinajstić information content (AvgIpc) is 3.07. The van der Waals surface area contributed by atoms with E-state index in [1.165, 1.54) is 0 Å². The summed E-state index contributed by atoms with van der Waals surface area (Å²) in [6, 6.07) is 6.33. The van der Waals surface area contributed by atoms with E-state index >= 15 is 0 Å². The van der Waals surface area contributed by atoms with Crippen LogP contribution in [0.1, 0.15) is 68.8 Å². The predicted molar refractivity (Wildman–Crippen MR) is 111 cm³/mol. The van der Waals surface area contributed by atoms with E-state index in [1.807, 2.05) is 26.0 Å². The lowest BCUT2D eigenvalue weighted by atomic mass is 9.95. The Bertz CT molecular complexity index is 757. The number of Topliss-reactive ketones (excluding diaryl/α,β-unsaturated/α-hetero) is 1. The summed E-state index contributed by atoms with van der Waals surface area (Å²) in [6.45, 7) is 8.85. The molecule has 3 unspecified atom stereocenters. The van der Waals surface area contributed by atoms with Gasteiger partial charge in [0.25, 0.3) is 5.91 Å². The molecule has 1 aromatic rings. The van der Waals surface area contributed by atoms with E-state index < -0.39 is 12.1 Å². The highest BCUT2D eigenvalue weighted by Crippen LogP contribution is 2.27.